The van der Waals surface area contributed by atoms with E-state index in [-0.39, 0.29) is 25.7 Å². The summed E-state index contributed by atoms with van der Waals surface area (Å²) in [6.45, 7) is 4.94. The van der Waals surface area contributed by atoms with Crippen LogP contribution in [-0.4, -0.2) is 96.7 Å². The van der Waals surface area contributed by atoms with Crippen molar-refractivity contribution < 1.29 is 80.2 Å². The lowest BCUT2D eigenvalue weighted by Gasteiger charge is -2.21. The molecule has 0 spiro atoms. The van der Waals surface area contributed by atoms with E-state index in [2.05, 4.69) is 27.7 Å². The van der Waals surface area contributed by atoms with Gasteiger partial charge in [0.1, 0.15) is 19.3 Å². The van der Waals surface area contributed by atoms with Crippen LogP contribution in [0, 0.1) is 0 Å². The van der Waals surface area contributed by atoms with Crippen molar-refractivity contribution in [2.24, 2.45) is 0 Å². The molecule has 0 heterocycles. The van der Waals surface area contributed by atoms with Crippen LogP contribution in [0.15, 0.2) is 0 Å². The average molecular weight is 1310 g/mol. The first-order valence-electron chi connectivity index (χ1n) is 36.8. The Hall–Kier alpha value is -1.94. The van der Waals surface area contributed by atoms with Gasteiger partial charge in [0.2, 0.25) is 0 Å². The van der Waals surface area contributed by atoms with Crippen LogP contribution in [0.3, 0.4) is 0 Å². The Balaban J connectivity index is 5.23. The lowest BCUT2D eigenvalue weighted by atomic mass is 10.0. The summed E-state index contributed by atoms with van der Waals surface area (Å²) in [6, 6.07) is 0. The van der Waals surface area contributed by atoms with Crippen molar-refractivity contribution in [3.8, 4) is 0 Å². The minimum Gasteiger partial charge on any atom is -0.462 e. The topological polar surface area (TPSA) is 237 Å². The van der Waals surface area contributed by atoms with Gasteiger partial charge in [-0.05, 0) is 25.7 Å². The summed E-state index contributed by atoms with van der Waals surface area (Å²) in [4.78, 5) is 72.5. The van der Waals surface area contributed by atoms with Crippen LogP contribution in [-0.2, 0) is 65.4 Å². The molecule has 0 saturated heterocycles. The molecule has 3 N–H and O–H groups in total. The molecule has 0 aromatic heterocycles. The van der Waals surface area contributed by atoms with Gasteiger partial charge in [-0.25, -0.2) is 9.13 Å². The molecule has 0 saturated carbocycles. The van der Waals surface area contributed by atoms with Crippen LogP contribution in [0.5, 0.6) is 0 Å². The molecule has 0 fully saturated rings. The van der Waals surface area contributed by atoms with E-state index in [0.717, 1.165) is 89.9 Å². The third kappa shape index (κ3) is 64.6. The first kappa shape index (κ1) is 87.1. The summed E-state index contributed by atoms with van der Waals surface area (Å²) >= 11 is 0. The zero-order valence-corrected chi connectivity index (χ0v) is 59.2. The number of unbranched alkanes of at least 4 members (excludes halogenated alkanes) is 45. The van der Waals surface area contributed by atoms with Crippen molar-refractivity contribution in [2.75, 3.05) is 39.6 Å². The molecular weight excluding hydrogens is 1170 g/mol. The molecule has 0 aromatic rings. The molecule has 89 heavy (non-hydrogen) atoms. The van der Waals surface area contributed by atoms with Crippen LogP contribution in [0.1, 0.15) is 368 Å². The number of esters is 4. The number of hydrogen-bond acceptors (Lipinski definition) is 15. The first-order chi connectivity index (χ1) is 43.2. The molecule has 2 unspecified atom stereocenters. The lowest BCUT2D eigenvalue weighted by Crippen LogP contribution is -2.30. The van der Waals surface area contributed by atoms with E-state index < -0.39 is 97.5 Å². The highest BCUT2D eigenvalue weighted by Crippen LogP contribution is 2.45. The summed E-state index contributed by atoms with van der Waals surface area (Å²) in [5.74, 6) is -2.12. The van der Waals surface area contributed by atoms with E-state index in [9.17, 15) is 43.2 Å². The highest BCUT2D eigenvalue weighted by atomic mass is 31.2. The number of aliphatic hydroxyl groups is 1. The summed E-state index contributed by atoms with van der Waals surface area (Å²) in [5.41, 5.74) is 0. The van der Waals surface area contributed by atoms with Gasteiger partial charge in [0.05, 0.1) is 26.4 Å². The van der Waals surface area contributed by atoms with Crippen molar-refractivity contribution in [2.45, 2.75) is 386 Å². The fraction of sp³-hybridized carbons (Fsp3) is 0.943. The molecule has 0 aromatic carbocycles. The maximum absolute atomic E-state index is 13.0. The maximum atomic E-state index is 13.0. The Morgan fingerprint density at radius 1 is 0.270 bits per heavy atom. The Labute approximate surface area is 543 Å². The number of rotatable bonds is 71. The molecule has 528 valence electrons. The van der Waals surface area contributed by atoms with E-state index in [1.54, 1.807) is 0 Å². The lowest BCUT2D eigenvalue weighted by molar-refractivity contribution is -0.161. The van der Waals surface area contributed by atoms with Crippen LogP contribution >= 0.6 is 15.6 Å². The Kier molecular flexibility index (Phi) is 63.3. The number of ether oxygens (including phenoxy) is 4. The van der Waals surface area contributed by atoms with E-state index in [1.807, 2.05) is 0 Å². The monoisotopic (exact) mass is 1310 g/mol. The number of carbonyl (C=O) groups excluding carboxylic acids is 4. The first-order valence-corrected chi connectivity index (χ1v) is 39.8. The van der Waals surface area contributed by atoms with Gasteiger partial charge in [0, 0.05) is 25.7 Å². The highest BCUT2D eigenvalue weighted by molar-refractivity contribution is 7.47. The van der Waals surface area contributed by atoms with Gasteiger partial charge < -0.3 is 33.8 Å². The predicted molar refractivity (Wildman–Crippen MR) is 359 cm³/mol. The zero-order chi connectivity index (χ0) is 65.4. The van der Waals surface area contributed by atoms with Gasteiger partial charge in [-0.2, -0.15) is 0 Å². The average Bonchev–Trinajstić information content (AvgIpc) is 3.67. The van der Waals surface area contributed by atoms with Crippen LogP contribution in [0.4, 0.5) is 0 Å². The fourth-order valence-electron chi connectivity index (χ4n) is 10.7. The van der Waals surface area contributed by atoms with Crippen LogP contribution in [0.25, 0.3) is 0 Å². The highest BCUT2D eigenvalue weighted by Gasteiger charge is 2.30. The second-order valence-electron chi connectivity index (χ2n) is 25.3. The molecule has 17 nitrogen and oxygen atoms in total. The Morgan fingerprint density at radius 2 is 0.449 bits per heavy atom. The van der Waals surface area contributed by atoms with Gasteiger partial charge in [0.15, 0.2) is 12.2 Å². The van der Waals surface area contributed by atoms with E-state index in [0.29, 0.717) is 25.7 Å². The predicted octanol–water partition coefficient (Wildman–Crippen LogP) is 20.3. The quantitative estimate of drug-likeness (QED) is 0.0222. The minimum absolute atomic E-state index is 0.108. The van der Waals surface area contributed by atoms with Gasteiger partial charge in [0.25, 0.3) is 0 Å². The second-order valence-corrected chi connectivity index (χ2v) is 28.2. The third-order valence-corrected chi connectivity index (χ3v) is 18.3. The van der Waals surface area contributed by atoms with Crippen molar-refractivity contribution in [3.63, 3.8) is 0 Å². The molecule has 0 aliphatic heterocycles. The van der Waals surface area contributed by atoms with E-state index in [1.165, 1.54) is 199 Å². The van der Waals surface area contributed by atoms with Crippen LogP contribution < -0.4 is 0 Å². The molecule has 5 atom stereocenters. The van der Waals surface area contributed by atoms with Crippen molar-refractivity contribution >= 4 is 39.5 Å². The zero-order valence-electron chi connectivity index (χ0n) is 57.4. The molecule has 0 radical (unpaired) electrons. The van der Waals surface area contributed by atoms with Gasteiger partial charge in [-0.1, -0.05) is 317 Å². The third-order valence-electron chi connectivity index (χ3n) is 16.4. The van der Waals surface area contributed by atoms with E-state index >= 15 is 0 Å². The number of phosphoric acid groups is 2. The van der Waals surface area contributed by atoms with Crippen molar-refractivity contribution in [1.29, 1.82) is 0 Å². The molecule has 0 amide bonds. The fourth-order valence-corrected chi connectivity index (χ4v) is 12.3. The molecule has 0 rings (SSSR count). The molecular formula is C70H136O17P2. The largest absolute Gasteiger partial charge is 0.472 e. The summed E-state index contributed by atoms with van der Waals surface area (Å²) in [7, 11) is -9.89. The molecule has 0 bridgehead atoms. The number of hydrogen-bond donors (Lipinski definition) is 3. The Morgan fingerprint density at radius 3 is 0.663 bits per heavy atom. The SMILES string of the molecule is CCCCCCCCCCCCCCCCCC(=O)OC[C@H](COP(=O)(O)OC[C@@H](O)COP(=O)(O)OC[C@@H](COC(=O)CCCCCCCCCCCCC)OC(=O)CCCCCCCCCCCCC)OC(=O)CCCCCCCCCCCCCC. The number of aliphatic hydroxyl groups excluding tert-OH is 1. The molecule has 0 aliphatic carbocycles. The maximum Gasteiger partial charge on any atom is 0.472 e. The normalized spacial score (nSPS) is 14.0. The van der Waals surface area contributed by atoms with E-state index in [4.69, 9.17) is 37.0 Å². The molecule has 19 heteroatoms. The molecule has 0 aliphatic rings. The summed E-state index contributed by atoms with van der Waals surface area (Å²) < 4.78 is 68.3. The summed E-state index contributed by atoms with van der Waals surface area (Å²) in [5, 5.41) is 10.6. The second kappa shape index (κ2) is 64.8. The standard InChI is InChI=1S/C70H136O17P2/c1-5-9-13-17-21-25-29-31-32-33-37-39-43-47-51-55-68(73)81-61-66(87-70(75)57-53-49-45-41-36-30-26-22-18-14-10-6-2)63-85-89(78,79)83-59-64(71)58-82-88(76,77)84-62-65(86-69(74)56-52-48-44-40-35-28-24-20-16-12-8-4)60-80-67(72)54-50-46-42-38-34-27-23-19-15-11-7-3/h64-66,71H,5-63H2,1-4H3,(H,76,77)(H,78,79)/t64-,65+,66+/m0/s1. The number of phosphoric ester groups is 2. The van der Waals surface area contributed by atoms with Crippen molar-refractivity contribution in [1.82, 2.24) is 0 Å². The van der Waals surface area contributed by atoms with Crippen molar-refractivity contribution in [3.05, 3.63) is 0 Å². The smallest absolute Gasteiger partial charge is 0.462 e. The van der Waals surface area contributed by atoms with Gasteiger partial charge >= 0.3 is 39.5 Å². The van der Waals surface area contributed by atoms with Crippen LogP contribution in [0.2, 0.25) is 0 Å². The minimum atomic E-state index is -4.95. The van der Waals surface area contributed by atoms with Gasteiger partial charge in [-0.15, -0.1) is 0 Å². The number of carbonyl (C=O) groups is 4. The summed E-state index contributed by atoms with van der Waals surface area (Å²) in [6.07, 6.45) is 52.5. The Bertz CT molecular complexity index is 1710. The van der Waals surface area contributed by atoms with Gasteiger partial charge in [-0.3, -0.25) is 37.3 Å².